The highest BCUT2D eigenvalue weighted by atomic mass is 31.1. The highest BCUT2D eigenvalue weighted by Gasteiger charge is 2.23. The van der Waals surface area contributed by atoms with Crippen molar-refractivity contribution in [1.82, 2.24) is 4.67 Å². The summed E-state index contributed by atoms with van der Waals surface area (Å²) in [6.07, 6.45) is 5.88. The molecule has 1 heterocycles. The minimum Gasteiger partial charge on any atom is -0.310 e. The molecule has 0 spiro atoms. The third-order valence-corrected chi connectivity index (χ3v) is 3.45. The Balaban J connectivity index is 2.57. The molecule has 1 fully saturated rings. The van der Waals surface area contributed by atoms with Crippen LogP contribution in [0, 0.1) is 18.3 Å². The van der Waals surface area contributed by atoms with E-state index in [0.29, 0.717) is 0 Å². The van der Waals surface area contributed by atoms with Crippen LogP contribution in [0.3, 0.4) is 0 Å². The van der Waals surface area contributed by atoms with Crippen molar-refractivity contribution in [2.45, 2.75) is 0 Å². The van der Waals surface area contributed by atoms with Gasteiger partial charge in [-0.25, -0.2) is 0 Å². The standard InChI is InChI=1S/C6H10NOP/c1-3-6-4-7(2)9(8)5-6/h1,6,9H,4-5H2,2H3. The molecule has 2 nitrogen and oxygen atoms in total. The van der Waals surface area contributed by atoms with Crippen LogP contribution in [0.15, 0.2) is 0 Å². The van der Waals surface area contributed by atoms with Gasteiger partial charge in [0.2, 0.25) is 0 Å². The number of nitrogens with zero attached hydrogens (tertiary/aromatic N) is 1. The minimum absolute atomic E-state index is 0.237. The Labute approximate surface area is 56.1 Å². The molecule has 1 rings (SSSR count). The van der Waals surface area contributed by atoms with Crippen molar-refractivity contribution in [3.8, 4) is 12.3 Å². The SMILES string of the molecule is C#CC1CN(C)[PH](=O)C1. The quantitative estimate of drug-likeness (QED) is 0.366. The maximum atomic E-state index is 11.0. The summed E-state index contributed by atoms with van der Waals surface area (Å²) in [4.78, 5) is 0. The number of hydrogen-bond acceptors (Lipinski definition) is 1. The van der Waals surface area contributed by atoms with Crippen LogP contribution in [-0.2, 0) is 4.57 Å². The van der Waals surface area contributed by atoms with Crippen molar-refractivity contribution in [2.75, 3.05) is 19.8 Å². The lowest BCUT2D eigenvalue weighted by atomic mass is 10.2. The molecule has 3 heteroatoms. The molecule has 0 bridgehead atoms. The molecule has 0 aliphatic carbocycles. The molecule has 0 amide bonds. The van der Waals surface area contributed by atoms with Crippen LogP contribution in [0.4, 0.5) is 0 Å². The van der Waals surface area contributed by atoms with Gasteiger partial charge in [0.15, 0.2) is 0 Å². The molecule has 0 aromatic rings. The monoisotopic (exact) mass is 143 g/mol. The molecule has 9 heavy (non-hydrogen) atoms. The first-order chi connectivity index (χ1) is 4.24. The topological polar surface area (TPSA) is 20.3 Å². The van der Waals surface area contributed by atoms with E-state index in [0.717, 1.165) is 12.7 Å². The van der Waals surface area contributed by atoms with Crippen LogP contribution < -0.4 is 0 Å². The summed E-state index contributed by atoms with van der Waals surface area (Å²) in [6.45, 7) is 0.814. The van der Waals surface area contributed by atoms with Crippen LogP contribution >= 0.6 is 7.95 Å². The largest absolute Gasteiger partial charge is 0.310 e. The van der Waals surface area contributed by atoms with Gasteiger partial charge in [0.05, 0.1) is 0 Å². The lowest BCUT2D eigenvalue weighted by molar-refractivity contribution is 0.503. The fourth-order valence-corrected chi connectivity index (χ4v) is 2.38. The molecule has 2 unspecified atom stereocenters. The normalized spacial score (nSPS) is 36.4. The van der Waals surface area contributed by atoms with E-state index >= 15 is 0 Å². The predicted octanol–water partition coefficient (Wildman–Crippen LogP) is 0.656. The summed E-state index contributed by atoms with van der Waals surface area (Å²) in [5, 5.41) is 0. The van der Waals surface area contributed by atoms with Gasteiger partial charge in [0.1, 0.15) is 7.95 Å². The second kappa shape index (κ2) is 2.56. The van der Waals surface area contributed by atoms with Crippen molar-refractivity contribution in [1.29, 1.82) is 0 Å². The Kier molecular flexibility index (Phi) is 1.95. The van der Waals surface area contributed by atoms with Gasteiger partial charge in [-0.2, -0.15) is 0 Å². The van der Waals surface area contributed by atoms with Gasteiger partial charge in [-0.15, -0.1) is 12.3 Å². The Morgan fingerprint density at radius 2 is 2.56 bits per heavy atom. The first-order valence-electron chi connectivity index (χ1n) is 2.94. The van der Waals surface area contributed by atoms with Crippen molar-refractivity contribution in [3.05, 3.63) is 0 Å². The summed E-state index contributed by atoms with van der Waals surface area (Å²) in [5.74, 6) is 2.85. The van der Waals surface area contributed by atoms with E-state index in [1.165, 1.54) is 0 Å². The van der Waals surface area contributed by atoms with Crippen LogP contribution in [0.25, 0.3) is 0 Å². The van der Waals surface area contributed by atoms with Crippen molar-refractivity contribution < 1.29 is 4.57 Å². The Morgan fingerprint density at radius 1 is 1.89 bits per heavy atom. The lowest BCUT2D eigenvalue weighted by Crippen LogP contribution is -2.08. The average Bonchev–Trinajstić information content (AvgIpc) is 2.13. The summed E-state index contributed by atoms with van der Waals surface area (Å²) in [5.41, 5.74) is 0. The van der Waals surface area contributed by atoms with Gasteiger partial charge in [-0.05, 0) is 7.05 Å². The fourth-order valence-electron chi connectivity index (χ4n) is 0.975. The molecule has 0 N–H and O–H groups in total. The Hall–Kier alpha value is -0.250. The van der Waals surface area contributed by atoms with Crippen molar-refractivity contribution >= 4 is 7.95 Å². The van der Waals surface area contributed by atoms with Gasteiger partial charge in [0.25, 0.3) is 0 Å². The molecular formula is C6H10NOP. The van der Waals surface area contributed by atoms with Crippen LogP contribution in [0.2, 0.25) is 0 Å². The van der Waals surface area contributed by atoms with Crippen LogP contribution in [-0.4, -0.2) is 24.4 Å². The smallest absolute Gasteiger partial charge is 0.139 e. The molecule has 0 radical (unpaired) electrons. The number of rotatable bonds is 0. The molecule has 50 valence electrons. The van der Waals surface area contributed by atoms with Gasteiger partial charge in [-0.1, -0.05) is 0 Å². The molecule has 2 atom stereocenters. The number of hydrogen-bond donors (Lipinski definition) is 0. The van der Waals surface area contributed by atoms with E-state index in [2.05, 4.69) is 5.92 Å². The van der Waals surface area contributed by atoms with E-state index in [-0.39, 0.29) is 5.92 Å². The molecular weight excluding hydrogens is 133 g/mol. The van der Waals surface area contributed by atoms with Gasteiger partial charge in [0, 0.05) is 18.6 Å². The summed E-state index contributed by atoms with van der Waals surface area (Å²) in [6, 6.07) is 0. The molecule has 1 aliphatic heterocycles. The van der Waals surface area contributed by atoms with Gasteiger partial charge < -0.3 is 4.57 Å². The zero-order chi connectivity index (χ0) is 6.85. The number of terminal acetylenes is 1. The maximum Gasteiger partial charge on any atom is 0.139 e. The maximum absolute atomic E-state index is 11.0. The van der Waals surface area contributed by atoms with E-state index < -0.39 is 7.95 Å². The predicted molar refractivity (Wildman–Crippen MR) is 38.8 cm³/mol. The second-order valence-electron chi connectivity index (χ2n) is 2.34. The summed E-state index contributed by atoms with van der Waals surface area (Å²) in [7, 11) is 0.405. The van der Waals surface area contributed by atoms with E-state index in [9.17, 15) is 4.57 Å². The first kappa shape index (κ1) is 6.86. The second-order valence-corrected chi connectivity index (χ2v) is 4.30. The van der Waals surface area contributed by atoms with Crippen molar-refractivity contribution in [2.24, 2.45) is 5.92 Å². The highest BCUT2D eigenvalue weighted by molar-refractivity contribution is 7.42. The first-order valence-corrected chi connectivity index (χ1v) is 4.50. The molecule has 0 saturated carbocycles. The van der Waals surface area contributed by atoms with E-state index in [4.69, 9.17) is 6.42 Å². The fraction of sp³-hybridized carbons (Fsp3) is 0.667. The van der Waals surface area contributed by atoms with E-state index in [1.807, 2.05) is 11.7 Å². The van der Waals surface area contributed by atoms with Gasteiger partial charge in [-0.3, -0.25) is 4.67 Å². The molecule has 0 aromatic carbocycles. The Morgan fingerprint density at radius 3 is 2.78 bits per heavy atom. The molecule has 1 aliphatic rings. The average molecular weight is 143 g/mol. The zero-order valence-corrected chi connectivity index (χ0v) is 6.42. The Bertz CT molecular complexity index is 172. The van der Waals surface area contributed by atoms with Gasteiger partial charge >= 0.3 is 0 Å². The highest BCUT2D eigenvalue weighted by Crippen LogP contribution is 2.35. The molecule has 1 saturated heterocycles. The molecule has 0 aromatic heterocycles. The van der Waals surface area contributed by atoms with Crippen LogP contribution in [0.5, 0.6) is 0 Å². The lowest BCUT2D eigenvalue weighted by Gasteiger charge is -2.02. The third kappa shape index (κ3) is 1.36. The van der Waals surface area contributed by atoms with Crippen LogP contribution in [0.1, 0.15) is 0 Å². The summed E-state index contributed by atoms with van der Waals surface area (Å²) >= 11 is 0. The zero-order valence-electron chi connectivity index (χ0n) is 5.42. The van der Waals surface area contributed by atoms with E-state index in [1.54, 1.807) is 0 Å². The minimum atomic E-state index is -1.45. The summed E-state index contributed by atoms with van der Waals surface area (Å²) < 4.78 is 12.8. The third-order valence-electron chi connectivity index (χ3n) is 1.58. The van der Waals surface area contributed by atoms with Crippen molar-refractivity contribution in [3.63, 3.8) is 0 Å².